The highest BCUT2D eigenvalue weighted by atomic mass is 19.2. The minimum Gasteiger partial charge on any atom is -0.206 e. The first kappa shape index (κ1) is 23.4. The summed E-state index contributed by atoms with van der Waals surface area (Å²) in [7, 11) is 0. The van der Waals surface area contributed by atoms with E-state index in [0.29, 0.717) is 34.9 Å². The zero-order valence-corrected chi connectivity index (χ0v) is 19.4. The van der Waals surface area contributed by atoms with E-state index in [1.807, 2.05) is 19.1 Å². The van der Waals surface area contributed by atoms with Gasteiger partial charge in [-0.05, 0) is 79.2 Å². The molecular formula is C30H31F3. The van der Waals surface area contributed by atoms with Crippen LogP contribution in [-0.4, -0.2) is 0 Å². The van der Waals surface area contributed by atoms with E-state index in [1.54, 1.807) is 42.5 Å². The van der Waals surface area contributed by atoms with E-state index in [0.717, 1.165) is 43.2 Å². The number of halogens is 3. The predicted molar refractivity (Wildman–Crippen MR) is 131 cm³/mol. The zero-order chi connectivity index (χ0) is 23.4. The van der Waals surface area contributed by atoms with Gasteiger partial charge in [-0.3, -0.25) is 0 Å². The van der Waals surface area contributed by atoms with Gasteiger partial charge in [0, 0.05) is 11.1 Å². The monoisotopic (exact) mass is 448 g/mol. The van der Waals surface area contributed by atoms with Gasteiger partial charge in [0.15, 0.2) is 11.6 Å². The zero-order valence-electron chi connectivity index (χ0n) is 19.4. The molecule has 0 nitrogen and oxygen atoms in total. The van der Waals surface area contributed by atoms with Gasteiger partial charge in [-0.15, -0.1) is 0 Å². The highest BCUT2D eigenvalue weighted by Gasteiger charge is 2.22. The highest BCUT2D eigenvalue weighted by molar-refractivity contribution is 5.71. The summed E-state index contributed by atoms with van der Waals surface area (Å²) in [5.41, 5.74) is 3.52. The van der Waals surface area contributed by atoms with Crippen LogP contribution >= 0.6 is 0 Å². The molecule has 0 unspecified atom stereocenters. The minimum atomic E-state index is -0.826. The van der Waals surface area contributed by atoms with Crippen molar-refractivity contribution in [2.45, 2.75) is 58.3 Å². The summed E-state index contributed by atoms with van der Waals surface area (Å²) in [5.74, 6) is -0.786. The molecule has 4 rings (SSSR count). The molecule has 3 aromatic carbocycles. The number of allylic oxidation sites excluding steroid dienone is 2. The van der Waals surface area contributed by atoms with Gasteiger partial charge in [-0.2, -0.15) is 0 Å². The molecule has 1 fully saturated rings. The Hall–Kier alpha value is -2.81. The summed E-state index contributed by atoms with van der Waals surface area (Å²) in [6.07, 6.45) is 10.1. The summed E-state index contributed by atoms with van der Waals surface area (Å²) < 4.78 is 44.0. The first-order chi connectivity index (χ1) is 16.0. The largest absolute Gasteiger partial charge is 0.206 e. The lowest BCUT2D eigenvalue weighted by atomic mass is 9.78. The van der Waals surface area contributed by atoms with E-state index in [9.17, 15) is 8.78 Å². The highest BCUT2D eigenvalue weighted by Crippen LogP contribution is 2.38. The van der Waals surface area contributed by atoms with Crippen molar-refractivity contribution in [3.8, 4) is 22.3 Å². The maximum absolute atomic E-state index is 15.0. The molecule has 172 valence electrons. The first-order valence-corrected chi connectivity index (χ1v) is 12.0. The second kappa shape index (κ2) is 10.4. The van der Waals surface area contributed by atoms with Crippen LogP contribution in [0.1, 0.15) is 63.0 Å². The fraction of sp³-hybridized carbons (Fsp3) is 0.333. The summed E-state index contributed by atoms with van der Waals surface area (Å²) in [6, 6.07) is 15.8. The molecule has 1 aliphatic rings. The van der Waals surface area contributed by atoms with E-state index in [4.69, 9.17) is 0 Å². The van der Waals surface area contributed by atoms with Crippen molar-refractivity contribution in [2.24, 2.45) is 5.92 Å². The Balaban J connectivity index is 1.52. The molecule has 0 heterocycles. The Labute approximate surface area is 195 Å². The van der Waals surface area contributed by atoms with Gasteiger partial charge in [0.05, 0.1) is 0 Å². The molecule has 0 spiro atoms. The molecule has 3 aromatic rings. The lowest BCUT2D eigenvalue weighted by Crippen LogP contribution is -2.12. The molecule has 0 aromatic heterocycles. The quantitative estimate of drug-likeness (QED) is 0.330. The van der Waals surface area contributed by atoms with Gasteiger partial charge in [-0.25, -0.2) is 13.2 Å². The van der Waals surface area contributed by atoms with Crippen LogP contribution in [0, 0.1) is 23.4 Å². The van der Waals surface area contributed by atoms with Crippen molar-refractivity contribution in [3.05, 3.63) is 95.3 Å². The van der Waals surface area contributed by atoms with Crippen LogP contribution in [0.5, 0.6) is 0 Å². The Morgan fingerprint density at radius 2 is 1.42 bits per heavy atom. The molecule has 0 saturated heterocycles. The molecule has 0 amide bonds. The van der Waals surface area contributed by atoms with Crippen molar-refractivity contribution >= 4 is 0 Å². The van der Waals surface area contributed by atoms with Crippen LogP contribution in [0.4, 0.5) is 13.2 Å². The van der Waals surface area contributed by atoms with E-state index < -0.39 is 11.6 Å². The van der Waals surface area contributed by atoms with Crippen LogP contribution in [0.15, 0.2) is 66.7 Å². The Kier molecular flexibility index (Phi) is 7.37. The van der Waals surface area contributed by atoms with Gasteiger partial charge >= 0.3 is 0 Å². The molecular weight excluding hydrogens is 417 g/mol. The van der Waals surface area contributed by atoms with E-state index in [-0.39, 0.29) is 11.4 Å². The number of hydrogen-bond donors (Lipinski definition) is 0. The van der Waals surface area contributed by atoms with Gasteiger partial charge in [-0.1, -0.05) is 74.0 Å². The number of benzene rings is 3. The third-order valence-corrected chi connectivity index (χ3v) is 6.89. The third-order valence-electron chi connectivity index (χ3n) is 6.89. The van der Waals surface area contributed by atoms with Crippen molar-refractivity contribution in [1.29, 1.82) is 0 Å². The fourth-order valence-electron chi connectivity index (χ4n) is 5.04. The normalized spacial score (nSPS) is 18.7. The average molecular weight is 449 g/mol. The summed E-state index contributed by atoms with van der Waals surface area (Å²) in [6.45, 7) is 4.00. The minimum absolute atomic E-state index is 0.225. The topological polar surface area (TPSA) is 0 Å². The van der Waals surface area contributed by atoms with Crippen molar-refractivity contribution in [1.82, 2.24) is 0 Å². The van der Waals surface area contributed by atoms with E-state index in [1.165, 1.54) is 0 Å². The molecule has 33 heavy (non-hydrogen) atoms. The molecule has 0 bridgehead atoms. The smallest absolute Gasteiger partial charge is 0.166 e. The van der Waals surface area contributed by atoms with Crippen LogP contribution in [0.25, 0.3) is 22.3 Å². The van der Waals surface area contributed by atoms with E-state index >= 15 is 4.39 Å². The second-order valence-electron chi connectivity index (χ2n) is 9.10. The van der Waals surface area contributed by atoms with Crippen molar-refractivity contribution in [2.75, 3.05) is 0 Å². The van der Waals surface area contributed by atoms with E-state index in [2.05, 4.69) is 19.1 Å². The fourth-order valence-corrected chi connectivity index (χ4v) is 5.04. The molecule has 3 heteroatoms. The Morgan fingerprint density at radius 1 is 0.788 bits per heavy atom. The van der Waals surface area contributed by atoms with Crippen molar-refractivity contribution < 1.29 is 13.2 Å². The number of hydrogen-bond acceptors (Lipinski definition) is 0. The van der Waals surface area contributed by atoms with Crippen LogP contribution in [0.3, 0.4) is 0 Å². The van der Waals surface area contributed by atoms with Crippen molar-refractivity contribution in [3.63, 3.8) is 0 Å². The van der Waals surface area contributed by atoms with Gasteiger partial charge < -0.3 is 0 Å². The maximum atomic E-state index is 15.0. The molecule has 0 aliphatic heterocycles. The lowest BCUT2D eigenvalue weighted by molar-refractivity contribution is 0.375. The number of rotatable bonds is 6. The summed E-state index contributed by atoms with van der Waals surface area (Å²) in [5, 5.41) is 0. The Morgan fingerprint density at radius 3 is 2.03 bits per heavy atom. The predicted octanol–water partition coefficient (Wildman–Crippen LogP) is 9.24. The summed E-state index contributed by atoms with van der Waals surface area (Å²) in [4.78, 5) is 0. The molecule has 1 saturated carbocycles. The SMILES string of the molecule is CC=CC1CCC(c2ccc(-c3ccc(-c4ccc(CCC)c(F)c4F)cc3)c(F)c2)CC1. The Bertz CT molecular complexity index is 1120. The van der Waals surface area contributed by atoms with Crippen LogP contribution in [0.2, 0.25) is 0 Å². The maximum Gasteiger partial charge on any atom is 0.166 e. The second-order valence-corrected chi connectivity index (χ2v) is 9.10. The van der Waals surface area contributed by atoms with Gasteiger partial charge in [0.1, 0.15) is 5.82 Å². The van der Waals surface area contributed by atoms with Gasteiger partial charge in [0.25, 0.3) is 0 Å². The van der Waals surface area contributed by atoms with Gasteiger partial charge in [0.2, 0.25) is 0 Å². The first-order valence-electron chi connectivity index (χ1n) is 12.0. The lowest BCUT2D eigenvalue weighted by Gasteiger charge is -2.27. The van der Waals surface area contributed by atoms with Crippen LogP contribution < -0.4 is 0 Å². The van der Waals surface area contributed by atoms with Crippen LogP contribution in [-0.2, 0) is 6.42 Å². The molecule has 0 radical (unpaired) electrons. The summed E-state index contributed by atoms with van der Waals surface area (Å²) >= 11 is 0. The molecule has 1 aliphatic carbocycles. The average Bonchev–Trinajstić information content (AvgIpc) is 2.83. The third kappa shape index (κ3) is 5.08. The molecule has 0 atom stereocenters. The number of aryl methyl sites for hydroxylation is 1. The molecule has 0 N–H and O–H groups in total. The standard InChI is InChI=1S/C30H31F3/c1-3-5-20-7-9-21(10-8-20)25-16-17-26(28(31)19-25)22-11-13-23(14-12-22)27-18-15-24(6-4-2)29(32)30(27)33/h3,5,11-21H,4,6-10H2,1-2H3.